The second-order valence-electron chi connectivity index (χ2n) is 5.53. The molecule has 0 radical (unpaired) electrons. The molecule has 0 amide bonds. The van der Waals surface area contributed by atoms with E-state index in [1.807, 2.05) is 0 Å². The Morgan fingerprint density at radius 3 is 2.14 bits per heavy atom. The van der Waals surface area contributed by atoms with E-state index in [1.165, 1.54) is 0 Å². The van der Waals surface area contributed by atoms with Gasteiger partial charge >= 0.3 is 0 Å². The van der Waals surface area contributed by atoms with Crippen LogP contribution in [0.3, 0.4) is 0 Å². The summed E-state index contributed by atoms with van der Waals surface area (Å²) in [4.78, 5) is 0. The minimum atomic E-state index is -1.42. The van der Waals surface area contributed by atoms with E-state index in [2.05, 4.69) is 0 Å². The van der Waals surface area contributed by atoms with Gasteiger partial charge in [0.15, 0.2) is 6.29 Å². The van der Waals surface area contributed by atoms with Gasteiger partial charge in [0, 0.05) is 6.54 Å². The molecule has 2 aliphatic heterocycles. The molecule has 9 heteroatoms. The van der Waals surface area contributed by atoms with E-state index in [0.717, 1.165) is 0 Å². The molecule has 21 heavy (non-hydrogen) atoms. The first-order valence-corrected chi connectivity index (χ1v) is 6.97. The van der Waals surface area contributed by atoms with Gasteiger partial charge < -0.3 is 46.1 Å². The van der Waals surface area contributed by atoms with Crippen LogP contribution < -0.4 is 11.5 Å². The van der Waals surface area contributed by atoms with Gasteiger partial charge in [-0.25, -0.2) is 0 Å². The van der Waals surface area contributed by atoms with Crippen LogP contribution in [-0.4, -0.2) is 88.6 Å². The third-order valence-electron chi connectivity index (χ3n) is 4.02. The van der Waals surface area contributed by atoms with Gasteiger partial charge in [0.25, 0.3) is 0 Å². The first kappa shape index (κ1) is 17.0. The van der Waals surface area contributed by atoms with Gasteiger partial charge in [0.05, 0.1) is 31.0 Å². The molecule has 0 aliphatic carbocycles. The summed E-state index contributed by atoms with van der Waals surface area (Å²) in [6, 6.07) is -0.610. The van der Waals surface area contributed by atoms with Crippen molar-refractivity contribution in [3.63, 3.8) is 0 Å². The van der Waals surface area contributed by atoms with Crippen molar-refractivity contribution in [1.82, 2.24) is 0 Å². The molecule has 2 rings (SSSR count). The second-order valence-corrected chi connectivity index (χ2v) is 5.53. The van der Waals surface area contributed by atoms with Crippen LogP contribution in [0.15, 0.2) is 0 Å². The van der Waals surface area contributed by atoms with Crippen molar-refractivity contribution < 1.29 is 34.6 Å². The van der Waals surface area contributed by atoms with Crippen LogP contribution in [0.5, 0.6) is 0 Å². The fourth-order valence-electron chi connectivity index (χ4n) is 2.57. The topological polar surface area (TPSA) is 161 Å². The predicted molar refractivity (Wildman–Crippen MR) is 70.0 cm³/mol. The van der Waals surface area contributed by atoms with E-state index in [0.29, 0.717) is 0 Å². The van der Waals surface area contributed by atoms with Crippen molar-refractivity contribution in [1.29, 1.82) is 0 Å². The summed E-state index contributed by atoms with van der Waals surface area (Å²) in [6.45, 7) is 1.64. The van der Waals surface area contributed by atoms with Crippen LogP contribution in [0.25, 0.3) is 0 Å². The minimum absolute atomic E-state index is 0.0234. The molecule has 0 aromatic rings. The van der Waals surface area contributed by atoms with Crippen molar-refractivity contribution in [3.05, 3.63) is 0 Å². The lowest BCUT2D eigenvalue weighted by atomic mass is 9.99. The maximum Gasteiger partial charge on any atom is 0.186 e. The van der Waals surface area contributed by atoms with Crippen LogP contribution in [0.1, 0.15) is 6.92 Å². The number of ether oxygens (including phenoxy) is 3. The summed E-state index contributed by atoms with van der Waals surface area (Å²) in [5, 5.41) is 39.0. The lowest BCUT2D eigenvalue weighted by Gasteiger charge is -2.40. The highest BCUT2D eigenvalue weighted by atomic mass is 16.7. The fourth-order valence-corrected chi connectivity index (χ4v) is 2.57. The van der Waals surface area contributed by atoms with E-state index in [1.54, 1.807) is 6.92 Å². The van der Waals surface area contributed by atoms with Gasteiger partial charge in [0.1, 0.15) is 24.4 Å². The quantitative estimate of drug-likeness (QED) is 0.306. The summed E-state index contributed by atoms with van der Waals surface area (Å²) in [7, 11) is 0. The number of nitrogens with two attached hydrogens (primary N) is 2. The number of hydrogen-bond acceptors (Lipinski definition) is 9. The molecule has 0 saturated carbocycles. The molecular formula is C12H24N2O7. The van der Waals surface area contributed by atoms with Crippen molar-refractivity contribution in [2.75, 3.05) is 13.2 Å². The number of aliphatic hydroxyl groups excluding tert-OH is 4. The van der Waals surface area contributed by atoms with E-state index in [-0.39, 0.29) is 13.2 Å². The molecule has 2 heterocycles. The van der Waals surface area contributed by atoms with E-state index >= 15 is 0 Å². The highest BCUT2D eigenvalue weighted by Gasteiger charge is 2.45. The van der Waals surface area contributed by atoms with Gasteiger partial charge in [-0.05, 0) is 6.92 Å². The number of aliphatic hydroxyl groups is 4. The summed E-state index contributed by atoms with van der Waals surface area (Å²) in [5.41, 5.74) is 11.2. The molecule has 0 bridgehead atoms. The smallest absolute Gasteiger partial charge is 0.186 e. The van der Waals surface area contributed by atoms with E-state index in [4.69, 9.17) is 25.7 Å². The third kappa shape index (κ3) is 3.36. The Balaban J connectivity index is 1.90. The van der Waals surface area contributed by atoms with Gasteiger partial charge in [-0.2, -0.15) is 0 Å². The zero-order chi connectivity index (χ0) is 15.7. The number of rotatable bonds is 4. The lowest BCUT2D eigenvalue weighted by Crippen LogP contribution is -2.60. The van der Waals surface area contributed by atoms with Gasteiger partial charge in [-0.3, -0.25) is 0 Å². The molecule has 8 N–H and O–H groups in total. The Kier molecular flexibility index (Phi) is 5.52. The van der Waals surface area contributed by atoms with Gasteiger partial charge in [0.2, 0.25) is 0 Å². The molecule has 9 nitrogen and oxygen atoms in total. The minimum Gasteiger partial charge on any atom is -0.389 e. The maximum absolute atomic E-state index is 9.84. The highest BCUT2D eigenvalue weighted by molar-refractivity contribution is 4.93. The summed E-state index contributed by atoms with van der Waals surface area (Å²) in [5.74, 6) is 0. The fraction of sp³-hybridized carbons (Fsp3) is 1.00. The van der Waals surface area contributed by atoms with Crippen LogP contribution in [-0.2, 0) is 14.2 Å². The number of hydrogen-bond donors (Lipinski definition) is 6. The molecule has 124 valence electrons. The van der Waals surface area contributed by atoms with Crippen LogP contribution in [0, 0.1) is 0 Å². The average Bonchev–Trinajstić information content (AvgIpc) is 2.71. The Morgan fingerprint density at radius 2 is 1.62 bits per heavy atom. The summed E-state index contributed by atoms with van der Waals surface area (Å²) >= 11 is 0. The van der Waals surface area contributed by atoms with E-state index in [9.17, 15) is 20.4 Å². The predicted octanol–water partition coefficient (Wildman–Crippen LogP) is -3.76. The largest absolute Gasteiger partial charge is 0.389 e. The van der Waals surface area contributed by atoms with E-state index < -0.39 is 55.1 Å². The first-order chi connectivity index (χ1) is 9.86. The standard InChI is InChI=1S/C12H24N2O7/c1-4-8(15)7(14)6(20-4)3-19-12-11(18)10(17)9(16)5(2-13)21-12/h4-12,15-18H,2-3,13-14H2,1H3/t4-,5-,6-,7+,8+,9-,10+,11-,12?/m1/s1. The molecule has 2 fully saturated rings. The molecule has 0 aromatic heterocycles. The highest BCUT2D eigenvalue weighted by Crippen LogP contribution is 2.24. The zero-order valence-electron chi connectivity index (χ0n) is 11.8. The van der Waals surface area contributed by atoms with Crippen LogP contribution >= 0.6 is 0 Å². The molecule has 1 unspecified atom stereocenters. The van der Waals surface area contributed by atoms with Crippen molar-refractivity contribution in [2.24, 2.45) is 11.5 Å². The Hall–Kier alpha value is -0.360. The Bertz CT molecular complexity index is 346. The summed E-state index contributed by atoms with van der Waals surface area (Å²) < 4.78 is 16.1. The molecular weight excluding hydrogens is 284 g/mol. The Labute approximate surface area is 122 Å². The molecule has 0 aromatic carbocycles. The Morgan fingerprint density at radius 1 is 0.952 bits per heavy atom. The first-order valence-electron chi connectivity index (χ1n) is 6.97. The molecule has 9 atom stereocenters. The molecule has 2 saturated heterocycles. The second kappa shape index (κ2) is 6.82. The van der Waals surface area contributed by atoms with Gasteiger partial charge in [-0.1, -0.05) is 0 Å². The normalized spacial score (nSPS) is 51.3. The summed E-state index contributed by atoms with van der Waals surface area (Å²) in [6.07, 6.45) is -7.85. The monoisotopic (exact) mass is 308 g/mol. The average molecular weight is 308 g/mol. The maximum atomic E-state index is 9.84. The zero-order valence-corrected chi connectivity index (χ0v) is 11.8. The van der Waals surface area contributed by atoms with Crippen LogP contribution in [0.4, 0.5) is 0 Å². The van der Waals surface area contributed by atoms with Crippen molar-refractivity contribution >= 4 is 0 Å². The SMILES string of the molecule is C[C@H]1O[C@H](COC2O[C@H](CN)[C@@H](O)[C@H](O)[C@H]2O)[C@H](N)[C@H]1O. The van der Waals surface area contributed by atoms with Crippen LogP contribution in [0.2, 0.25) is 0 Å². The van der Waals surface area contributed by atoms with Crippen molar-refractivity contribution in [3.8, 4) is 0 Å². The lowest BCUT2D eigenvalue weighted by molar-refractivity contribution is -0.298. The third-order valence-corrected chi connectivity index (χ3v) is 4.02. The molecule has 2 aliphatic rings. The molecule has 0 spiro atoms. The van der Waals surface area contributed by atoms with Gasteiger partial charge in [-0.15, -0.1) is 0 Å². The van der Waals surface area contributed by atoms with Crippen molar-refractivity contribution in [2.45, 2.75) is 62.0 Å².